The number of hydrogen-bond acceptors (Lipinski definition) is 6. The largest absolute Gasteiger partial charge is 0.495 e. The summed E-state index contributed by atoms with van der Waals surface area (Å²) in [5.74, 6) is 0.485. The summed E-state index contributed by atoms with van der Waals surface area (Å²) in [6, 6.07) is 15.4. The molecule has 4 rings (SSSR count). The lowest BCUT2D eigenvalue weighted by Gasteiger charge is -2.38. The van der Waals surface area contributed by atoms with E-state index >= 15 is 0 Å². The molecule has 6 nitrogen and oxygen atoms in total. The average molecular weight is 472 g/mol. The molecule has 1 saturated heterocycles. The first-order chi connectivity index (χ1) is 15.2. The molecule has 2 aromatic carbocycles. The van der Waals surface area contributed by atoms with E-state index < -0.39 is 10.0 Å². The number of aryl methyl sites for hydroxylation is 1. The number of anilines is 2. The number of benzene rings is 2. The molecule has 2 N–H and O–H groups in total. The van der Waals surface area contributed by atoms with Gasteiger partial charge in [-0.2, -0.15) is 0 Å². The predicted octanol–water partition coefficient (Wildman–Crippen LogP) is 4.72. The van der Waals surface area contributed by atoms with Crippen molar-refractivity contribution in [3.05, 3.63) is 59.5 Å². The summed E-state index contributed by atoms with van der Waals surface area (Å²) in [4.78, 5) is 3.60. The van der Waals surface area contributed by atoms with Gasteiger partial charge in [0.25, 0.3) is 10.0 Å². The van der Waals surface area contributed by atoms with Crippen LogP contribution in [0.5, 0.6) is 5.75 Å². The fourth-order valence-corrected chi connectivity index (χ4v) is 6.06. The van der Waals surface area contributed by atoms with E-state index in [0.717, 1.165) is 29.2 Å². The van der Waals surface area contributed by atoms with Gasteiger partial charge in [-0.25, -0.2) is 8.42 Å². The molecule has 1 aliphatic rings. The number of piperazine rings is 1. The lowest BCUT2D eigenvalue weighted by atomic mass is 10.1. The average Bonchev–Trinajstić information content (AvgIpc) is 3.19. The van der Waals surface area contributed by atoms with Crippen molar-refractivity contribution in [3.63, 3.8) is 0 Å². The van der Waals surface area contributed by atoms with E-state index in [4.69, 9.17) is 4.74 Å². The van der Waals surface area contributed by atoms with Gasteiger partial charge in [0.1, 0.15) is 5.75 Å². The van der Waals surface area contributed by atoms with Crippen LogP contribution in [0.4, 0.5) is 11.4 Å². The normalized spacial score (nSPS) is 19.1. The Labute approximate surface area is 194 Å². The fourth-order valence-electron chi connectivity index (χ4n) is 4.09. The van der Waals surface area contributed by atoms with Crippen LogP contribution in [0.3, 0.4) is 0 Å². The second-order valence-electron chi connectivity index (χ2n) is 8.38. The molecule has 1 fully saturated rings. The van der Waals surface area contributed by atoms with Crippen LogP contribution in [0.1, 0.15) is 19.4 Å². The Morgan fingerprint density at radius 1 is 1.06 bits per heavy atom. The minimum absolute atomic E-state index is 0.214. The SMILES string of the molecule is COc1ccc(N2CC(C)NC(C)C2)cc1NS(=O)(=O)c1ccc(-c2cc(C)cs2)cc1. The molecule has 8 heteroatoms. The Hall–Kier alpha value is -2.55. The fraction of sp³-hybridized carbons (Fsp3) is 0.333. The van der Waals surface area contributed by atoms with Gasteiger partial charge in [-0.3, -0.25) is 4.72 Å². The van der Waals surface area contributed by atoms with Crippen LogP contribution in [0, 0.1) is 6.92 Å². The summed E-state index contributed by atoms with van der Waals surface area (Å²) < 4.78 is 34.4. The van der Waals surface area contributed by atoms with Crippen LogP contribution >= 0.6 is 11.3 Å². The van der Waals surface area contributed by atoms with Crippen LogP contribution in [-0.2, 0) is 10.0 Å². The molecule has 0 aliphatic carbocycles. The molecule has 2 heterocycles. The van der Waals surface area contributed by atoms with E-state index in [2.05, 4.69) is 40.2 Å². The topological polar surface area (TPSA) is 70.7 Å². The van der Waals surface area contributed by atoms with Crippen molar-refractivity contribution < 1.29 is 13.2 Å². The summed E-state index contributed by atoms with van der Waals surface area (Å²) >= 11 is 1.65. The van der Waals surface area contributed by atoms with Gasteiger partial charge < -0.3 is 15.0 Å². The van der Waals surface area contributed by atoms with Gasteiger partial charge in [0.15, 0.2) is 0 Å². The number of hydrogen-bond donors (Lipinski definition) is 2. The Balaban J connectivity index is 1.59. The third-order valence-electron chi connectivity index (χ3n) is 5.53. The van der Waals surface area contributed by atoms with Crippen molar-refractivity contribution in [3.8, 4) is 16.2 Å². The highest BCUT2D eigenvalue weighted by atomic mass is 32.2. The van der Waals surface area contributed by atoms with Gasteiger partial charge in [0, 0.05) is 35.7 Å². The van der Waals surface area contributed by atoms with E-state index in [-0.39, 0.29) is 4.90 Å². The number of thiophene rings is 1. The van der Waals surface area contributed by atoms with Crippen LogP contribution < -0.4 is 19.7 Å². The molecule has 0 spiro atoms. The number of nitrogens with one attached hydrogen (secondary N) is 2. The minimum Gasteiger partial charge on any atom is -0.495 e. The number of ether oxygens (including phenoxy) is 1. The van der Waals surface area contributed by atoms with Gasteiger partial charge >= 0.3 is 0 Å². The molecule has 3 aromatic rings. The van der Waals surface area contributed by atoms with Gasteiger partial charge in [-0.05, 0) is 73.7 Å². The summed E-state index contributed by atoms with van der Waals surface area (Å²) in [7, 11) is -2.22. The minimum atomic E-state index is -3.77. The molecule has 1 aromatic heterocycles. The van der Waals surface area contributed by atoms with Crippen LogP contribution in [0.25, 0.3) is 10.4 Å². The third kappa shape index (κ3) is 4.92. The lowest BCUT2D eigenvalue weighted by molar-refractivity contribution is 0.406. The highest BCUT2D eigenvalue weighted by molar-refractivity contribution is 7.92. The zero-order chi connectivity index (χ0) is 22.9. The molecular formula is C24H29N3O3S2. The molecule has 0 bridgehead atoms. The quantitative estimate of drug-likeness (QED) is 0.544. The van der Waals surface area contributed by atoms with Crippen molar-refractivity contribution in [2.75, 3.05) is 29.8 Å². The molecule has 1 aliphatic heterocycles. The maximum Gasteiger partial charge on any atom is 0.262 e. The first-order valence-corrected chi connectivity index (χ1v) is 13.0. The smallest absolute Gasteiger partial charge is 0.262 e. The Kier molecular flexibility index (Phi) is 6.46. The molecule has 0 amide bonds. The van der Waals surface area contributed by atoms with E-state index in [1.807, 2.05) is 37.3 Å². The van der Waals surface area contributed by atoms with Crippen molar-refractivity contribution in [1.82, 2.24) is 5.32 Å². The highest BCUT2D eigenvalue weighted by Crippen LogP contribution is 2.33. The third-order valence-corrected chi connectivity index (χ3v) is 8.01. The first-order valence-electron chi connectivity index (χ1n) is 10.6. The molecule has 0 saturated carbocycles. The lowest BCUT2D eigenvalue weighted by Crippen LogP contribution is -2.54. The molecular weight excluding hydrogens is 442 g/mol. The number of sulfonamides is 1. The van der Waals surface area contributed by atoms with Crippen molar-refractivity contribution in [1.29, 1.82) is 0 Å². The van der Waals surface area contributed by atoms with Crippen LogP contribution in [-0.4, -0.2) is 40.7 Å². The monoisotopic (exact) mass is 471 g/mol. The summed E-state index contributed by atoms with van der Waals surface area (Å²) in [5.41, 5.74) is 3.60. The second kappa shape index (κ2) is 9.13. The van der Waals surface area contributed by atoms with Gasteiger partial charge in [-0.15, -0.1) is 11.3 Å². The summed E-state index contributed by atoms with van der Waals surface area (Å²) in [6.07, 6.45) is 0. The van der Waals surface area contributed by atoms with Gasteiger partial charge in [-0.1, -0.05) is 12.1 Å². The Morgan fingerprint density at radius 3 is 2.34 bits per heavy atom. The van der Waals surface area contributed by atoms with E-state index in [1.165, 1.54) is 5.56 Å². The van der Waals surface area contributed by atoms with E-state index in [0.29, 0.717) is 23.5 Å². The summed E-state index contributed by atoms with van der Waals surface area (Å²) in [5, 5.41) is 5.60. The van der Waals surface area contributed by atoms with Crippen LogP contribution in [0.15, 0.2) is 58.8 Å². The Bertz CT molecular complexity index is 1180. The zero-order valence-electron chi connectivity index (χ0n) is 18.8. The first kappa shape index (κ1) is 22.6. The van der Waals surface area contributed by atoms with E-state index in [9.17, 15) is 8.42 Å². The van der Waals surface area contributed by atoms with E-state index in [1.54, 1.807) is 30.6 Å². The second-order valence-corrected chi connectivity index (χ2v) is 11.0. The van der Waals surface area contributed by atoms with Crippen molar-refractivity contribution in [2.24, 2.45) is 0 Å². The van der Waals surface area contributed by atoms with Crippen molar-refractivity contribution >= 4 is 32.7 Å². The van der Waals surface area contributed by atoms with Gasteiger partial charge in [0.2, 0.25) is 0 Å². The number of nitrogens with zero attached hydrogens (tertiary/aromatic N) is 1. The number of methoxy groups -OCH3 is 1. The molecule has 32 heavy (non-hydrogen) atoms. The maximum atomic E-state index is 13.1. The molecule has 2 unspecified atom stereocenters. The standard InChI is InChI=1S/C24H29N3O3S2/c1-16-11-24(31-15-16)19-5-8-21(9-6-19)32(28,29)26-22-12-20(7-10-23(22)30-4)27-13-17(2)25-18(3)14-27/h5-12,15,17-18,25-26H,13-14H2,1-4H3. The molecule has 2 atom stereocenters. The summed E-state index contributed by atoms with van der Waals surface area (Å²) in [6.45, 7) is 8.05. The van der Waals surface area contributed by atoms with Crippen molar-refractivity contribution in [2.45, 2.75) is 37.8 Å². The Morgan fingerprint density at radius 2 is 1.75 bits per heavy atom. The highest BCUT2D eigenvalue weighted by Gasteiger charge is 2.23. The number of rotatable bonds is 6. The molecule has 0 radical (unpaired) electrons. The predicted molar refractivity (Wildman–Crippen MR) is 133 cm³/mol. The zero-order valence-corrected chi connectivity index (χ0v) is 20.4. The van der Waals surface area contributed by atoms with Crippen LogP contribution in [0.2, 0.25) is 0 Å². The van der Waals surface area contributed by atoms with Gasteiger partial charge in [0.05, 0.1) is 17.7 Å². The maximum absolute atomic E-state index is 13.1. The molecule has 170 valence electrons.